The number of nitro groups is 1. The van der Waals surface area contributed by atoms with E-state index in [-0.39, 0.29) is 20.5 Å². The highest BCUT2D eigenvalue weighted by atomic mass is 32.2. The molecule has 0 saturated heterocycles. The largest absolute Gasteiger partial charge is 0.293 e. The monoisotopic (exact) mass is 323 g/mol. The van der Waals surface area contributed by atoms with Gasteiger partial charge in [0.05, 0.1) is 4.92 Å². The number of nitrogens with one attached hydrogen (secondary N) is 1. The molecule has 21 heavy (non-hydrogen) atoms. The minimum atomic E-state index is -3.96. The van der Waals surface area contributed by atoms with Crippen LogP contribution in [0.4, 0.5) is 11.4 Å². The van der Waals surface area contributed by atoms with E-state index in [1.807, 2.05) is 6.07 Å². The smallest absolute Gasteiger partial charge is 0.272 e. The molecule has 0 spiro atoms. The normalized spacial score (nSPS) is 10.9. The average molecular weight is 323 g/mol. The molecule has 0 aliphatic carbocycles. The van der Waals surface area contributed by atoms with Crippen molar-refractivity contribution in [2.75, 3.05) is 4.72 Å². The van der Waals surface area contributed by atoms with Gasteiger partial charge in [-0.1, -0.05) is 6.07 Å². The first kappa shape index (κ1) is 15.0. The van der Waals surface area contributed by atoms with Gasteiger partial charge in [0.2, 0.25) is 0 Å². The zero-order chi connectivity index (χ0) is 15.6. The fourth-order valence-electron chi connectivity index (χ4n) is 1.61. The van der Waals surface area contributed by atoms with Crippen molar-refractivity contribution in [1.82, 2.24) is 0 Å². The maximum absolute atomic E-state index is 12.2. The van der Waals surface area contributed by atoms with Crippen LogP contribution >= 0.6 is 11.3 Å². The first-order valence-electron chi connectivity index (χ1n) is 5.61. The predicted octanol–water partition coefficient (Wildman–Crippen LogP) is 2.64. The molecular formula is C12H9N3O4S2. The van der Waals surface area contributed by atoms with Crippen LogP contribution < -0.4 is 4.72 Å². The van der Waals surface area contributed by atoms with E-state index in [1.165, 1.54) is 30.3 Å². The molecule has 7 nitrogen and oxygen atoms in total. The highest BCUT2D eigenvalue weighted by Gasteiger charge is 2.22. The van der Waals surface area contributed by atoms with Crippen molar-refractivity contribution in [2.45, 2.75) is 11.1 Å². The number of hydrogen-bond donors (Lipinski definition) is 1. The third-order valence-corrected chi connectivity index (χ3v) is 5.40. The quantitative estimate of drug-likeness (QED) is 0.686. The van der Waals surface area contributed by atoms with Crippen LogP contribution in [0.3, 0.4) is 0 Å². The molecular weight excluding hydrogens is 314 g/mol. The van der Waals surface area contributed by atoms with Crippen LogP contribution in [0.5, 0.6) is 0 Å². The molecule has 0 amide bonds. The topological polar surface area (TPSA) is 113 Å². The summed E-state index contributed by atoms with van der Waals surface area (Å²) in [7, 11) is -3.96. The van der Waals surface area contributed by atoms with Gasteiger partial charge in [-0.3, -0.25) is 14.8 Å². The average Bonchev–Trinajstić information content (AvgIpc) is 2.87. The van der Waals surface area contributed by atoms with Crippen LogP contribution in [0.1, 0.15) is 10.4 Å². The highest BCUT2D eigenvalue weighted by Crippen LogP contribution is 2.29. The fraction of sp³-hybridized carbons (Fsp3) is 0.0833. The maximum atomic E-state index is 12.2. The van der Waals surface area contributed by atoms with Gasteiger partial charge >= 0.3 is 0 Å². The van der Waals surface area contributed by atoms with Crippen LogP contribution in [0, 0.1) is 28.4 Å². The molecule has 0 saturated carbocycles. The van der Waals surface area contributed by atoms with Crippen LogP contribution in [0.25, 0.3) is 0 Å². The molecule has 0 unspecified atom stereocenters. The zero-order valence-electron chi connectivity index (χ0n) is 10.7. The molecule has 0 aliphatic heterocycles. The minimum Gasteiger partial charge on any atom is -0.272 e. The van der Waals surface area contributed by atoms with Gasteiger partial charge < -0.3 is 0 Å². The van der Waals surface area contributed by atoms with E-state index >= 15 is 0 Å². The van der Waals surface area contributed by atoms with Gasteiger partial charge in [0.15, 0.2) is 0 Å². The van der Waals surface area contributed by atoms with Crippen molar-refractivity contribution in [3.8, 4) is 6.07 Å². The summed E-state index contributed by atoms with van der Waals surface area (Å²) in [5, 5.41) is 19.7. The van der Waals surface area contributed by atoms with E-state index in [9.17, 15) is 18.5 Å². The van der Waals surface area contributed by atoms with E-state index in [0.717, 1.165) is 11.3 Å². The summed E-state index contributed by atoms with van der Waals surface area (Å²) in [6.07, 6.45) is 0. The Hall–Kier alpha value is -2.44. The molecule has 0 fully saturated rings. The number of thiophene rings is 1. The molecule has 1 aromatic carbocycles. The zero-order valence-corrected chi connectivity index (χ0v) is 12.4. The Morgan fingerprint density at radius 1 is 1.33 bits per heavy atom. The lowest BCUT2D eigenvalue weighted by molar-refractivity contribution is -0.383. The van der Waals surface area contributed by atoms with Crippen LogP contribution in [0.2, 0.25) is 0 Å². The molecule has 0 bridgehead atoms. The van der Waals surface area contributed by atoms with Crippen molar-refractivity contribution in [1.29, 1.82) is 5.26 Å². The van der Waals surface area contributed by atoms with E-state index in [4.69, 9.17) is 5.26 Å². The number of nitro benzene ring substituents is 1. The lowest BCUT2D eigenvalue weighted by atomic mass is 10.2. The second kappa shape index (κ2) is 5.51. The van der Waals surface area contributed by atoms with Crippen LogP contribution in [0.15, 0.2) is 34.5 Å². The van der Waals surface area contributed by atoms with Gasteiger partial charge in [0.25, 0.3) is 15.7 Å². The minimum absolute atomic E-state index is 0.0742. The van der Waals surface area contributed by atoms with Crippen molar-refractivity contribution < 1.29 is 13.3 Å². The Labute approximate surface area is 124 Å². The molecule has 2 aromatic rings. The second-order valence-electron chi connectivity index (χ2n) is 4.11. The molecule has 2 rings (SSSR count). The van der Waals surface area contributed by atoms with Gasteiger partial charge in [-0.05, 0) is 30.7 Å². The molecule has 108 valence electrons. The summed E-state index contributed by atoms with van der Waals surface area (Å²) in [4.78, 5) is 10.5. The van der Waals surface area contributed by atoms with Gasteiger partial charge in [0, 0.05) is 6.07 Å². The van der Waals surface area contributed by atoms with E-state index in [1.54, 1.807) is 6.92 Å². The first-order valence-corrected chi connectivity index (χ1v) is 7.91. The summed E-state index contributed by atoms with van der Waals surface area (Å²) >= 11 is 0.796. The molecule has 0 atom stereocenters. The Bertz CT molecular complexity index is 850. The van der Waals surface area contributed by atoms with Gasteiger partial charge in [0.1, 0.15) is 20.8 Å². The summed E-state index contributed by atoms with van der Waals surface area (Å²) in [5.41, 5.74) is 0.246. The maximum Gasteiger partial charge on any atom is 0.293 e. The van der Waals surface area contributed by atoms with E-state index in [0.29, 0.717) is 5.56 Å². The molecule has 9 heteroatoms. The lowest BCUT2D eigenvalue weighted by Gasteiger charge is -2.07. The van der Waals surface area contributed by atoms with Crippen molar-refractivity contribution in [3.63, 3.8) is 0 Å². The van der Waals surface area contributed by atoms with Gasteiger partial charge in [-0.25, -0.2) is 8.42 Å². The third kappa shape index (κ3) is 3.18. The van der Waals surface area contributed by atoms with Crippen molar-refractivity contribution in [3.05, 3.63) is 50.9 Å². The Balaban J connectivity index is 2.43. The number of hydrogen-bond acceptors (Lipinski definition) is 6. The fourth-order valence-corrected chi connectivity index (χ4v) is 3.78. The number of anilines is 1. The molecule has 0 radical (unpaired) electrons. The molecule has 1 heterocycles. The van der Waals surface area contributed by atoms with Gasteiger partial charge in [-0.2, -0.15) is 5.26 Å². The Morgan fingerprint density at radius 2 is 2.05 bits per heavy atom. The van der Waals surface area contributed by atoms with Gasteiger partial charge in [-0.15, -0.1) is 11.3 Å². The number of nitriles is 1. The molecule has 1 N–H and O–H groups in total. The van der Waals surface area contributed by atoms with Crippen LogP contribution in [-0.4, -0.2) is 13.3 Å². The summed E-state index contributed by atoms with van der Waals surface area (Å²) < 4.78 is 26.5. The number of benzene rings is 1. The van der Waals surface area contributed by atoms with Crippen molar-refractivity contribution >= 4 is 32.7 Å². The van der Waals surface area contributed by atoms with E-state index < -0.39 is 14.9 Å². The first-order chi connectivity index (χ1) is 9.83. The number of nitrogens with zero attached hydrogens (tertiary/aromatic N) is 2. The van der Waals surface area contributed by atoms with E-state index in [2.05, 4.69) is 4.72 Å². The Morgan fingerprint density at radius 3 is 2.62 bits per heavy atom. The number of aryl methyl sites for hydroxylation is 1. The molecule has 1 aromatic heterocycles. The SMILES string of the molecule is Cc1ccc([N+](=O)[O-])c(NS(=O)(=O)c2ccc(C#N)s2)c1. The van der Waals surface area contributed by atoms with Crippen LogP contribution in [-0.2, 0) is 10.0 Å². The number of rotatable bonds is 4. The standard InChI is InChI=1S/C12H9N3O4S2/c1-8-2-4-11(15(16)17)10(6-8)14-21(18,19)12-5-3-9(7-13)20-12/h2-6,14H,1H3. The lowest BCUT2D eigenvalue weighted by Crippen LogP contribution is -2.12. The number of sulfonamides is 1. The third-order valence-electron chi connectivity index (χ3n) is 2.55. The predicted molar refractivity (Wildman–Crippen MR) is 77.7 cm³/mol. The highest BCUT2D eigenvalue weighted by molar-refractivity contribution is 7.94. The molecule has 0 aliphatic rings. The summed E-state index contributed by atoms with van der Waals surface area (Å²) in [5.74, 6) is 0. The summed E-state index contributed by atoms with van der Waals surface area (Å²) in [6, 6.07) is 8.65. The Kier molecular flexibility index (Phi) is 3.93. The van der Waals surface area contributed by atoms with Crippen molar-refractivity contribution in [2.24, 2.45) is 0 Å². The second-order valence-corrected chi connectivity index (χ2v) is 7.11. The summed E-state index contributed by atoms with van der Waals surface area (Å²) in [6.45, 7) is 1.69.